The van der Waals surface area contributed by atoms with E-state index in [0.717, 1.165) is 12.1 Å². The minimum atomic E-state index is 0.333. The normalized spacial score (nSPS) is 18.2. The predicted molar refractivity (Wildman–Crippen MR) is 49.5 cm³/mol. The Bertz CT molecular complexity index is 206. The number of rotatable bonds is 1. The Kier molecular flexibility index (Phi) is 2.12. The molecule has 0 unspecified atom stereocenters. The zero-order chi connectivity index (χ0) is 8.48. The van der Waals surface area contributed by atoms with Gasteiger partial charge in [0.25, 0.3) is 0 Å². The maximum absolute atomic E-state index is 4.32. The largest absolute Gasteiger partial charge is 0.265 e. The van der Waals surface area contributed by atoms with Crippen LogP contribution < -0.4 is 0 Å². The summed E-state index contributed by atoms with van der Waals surface area (Å²) in [6.45, 7) is 9.36. The fourth-order valence-electron chi connectivity index (χ4n) is 1.12. The van der Waals surface area contributed by atoms with Gasteiger partial charge in [0.2, 0.25) is 0 Å². The second-order valence-corrected chi connectivity index (χ2v) is 4.23. The summed E-state index contributed by atoms with van der Waals surface area (Å²) in [6, 6.07) is 0. The molecule has 1 aliphatic rings. The maximum atomic E-state index is 4.32. The van der Waals surface area contributed by atoms with E-state index < -0.39 is 0 Å². The van der Waals surface area contributed by atoms with Crippen molar-refractivity contribution in [2.24, 2.45) is 15.4 Å². The fourth-order valence-corrected chi connectivity index (χ4v) is 1.12. The van der Waals surface area contributed by atoms with Gasteiger partial charge in [0.05, 0.1) is 11.4 Å². The molecular weight excluding hydrogens is 136 g/mol. The molecule has 62 valence electrons. The van der Waals surface area contributed by atoms with Crippen LogP contribution in [0.15, 0.2) is 9.98 Å². The molecule has 0 spiro atoms. The van der Waals surface area contributed by atoms with E-state index in [-0.39, 0.29) is 0 Å². The summed E-state index contributed by atoms with van der Waals surface area (Å²) in [7, 11) is 0. The Balaban J connectivity index is 2.58. The van der Waals surface area contributed by atoms with E-state index >= 15 is 0 Å². The van der Waals surface area contributed by atoms with Gasteiger partial charge in [-0.05, 0) is 18.8 Å². The lowest BCUT2D eigenvalue weighted by molar-refractivity contribution is 0.435. The molecule has 0 aromatic heterocycles. The van der Waals surface area contributed by atoms with Crippen molar-refractivity contribution in [3.8, 4) is 0 Å². The molecule has 2 nitrogen and oxygen atoms in total. The van der Waals surface area contributed by atoms with Gasteiger partial charge in [0.15, 0.2) is 0 Å². The molecule has 0 N–H and O–H groups in total. The SMILES string of the molecule is CC1=NCN=C1CC(C)(C)C. The minimum Gasteiger partial charge on any atom is -0.265 e. The van der Waals surface area contributed by atoms with E-state index in [1.807, 2.05) is 6.92 Å². The Morgan fingerprint density at radius 3 is 2.27 bits per heavy atom. The Hall–Kier alpha value is -0.660. The molecule has 0 aliphatic carbocycles. The summed E-state index contributed by atoms with van der Waals surface area (Å²) >= 11 is 0. The van der Waals surface area contributed by atoms with Gasteiger partial charge in [-0.3, -0.25) is 9.98 Å². The van der Waals surface area contributed by atoms with Crippen LogP contribution in [0.25, 0.3) is 0 Å². The Morgan fingerprint density at radius 2 is 1.91 bits per heavy atom. The highest BCUT2D eigenvalue weighted by molar-refractivity contribution is 6.42. The third-order valence-corrected chi connectivity index (χ3v) is 1.68. The standard InChI is InChI=1S/C9H16N2/c1-7-8(11-6-10-7)5-9(2,3)4/h5-6H2,1-4H3. The molecule has 0 fully saturated rings. The lowest BCUT2D eigenvalue weighted by atomic mass is 9.88. The van der Waals surface area contributed by atoms with Crippen molar-refractivity contribution >= 4 is 11.4 Å². The number of aliphatic imine (C=N–C) groups is 2. The van der Waals surface area contributed by atoms with Crippen molar-refractivity contribution in [2.45, 2.75) is 34.1 Å². The molecule has 0 atom stereocenters. The summed E-state index contributed by atoms with van der Waals surface area (Å²) in [5.41, 5.74) is 2.65. The highest BCUT2D eigenvalue weighted by Crippen LogP contribution is 2.20. The second-order valence-electron chi connectivity index (χ2n) is 4.23. The Labute approximate surface area is 68.4 Å². The van der Waals surface area contributed by atoms with Crippen LogP contribution in [0.5, 0.6) is 0 Å². The van der Waals surface area contributed by atoms with Crippen LogP contribution in [0.4, 0.5) is 0 Å². The summed E-state index contributed by atoms with van der Waals surface area (Å²) in [5, 5.41) is 0. The Morgan fingerprint density at radius 1 is 1.27 bits per heavy atom. The lowest BCUT2D eigenvalue weighted by Gasteiger charge is -2.17. The summed E-state index contributed by atoms with van der Waals surface area (Å²) in [5.74, 6) is 0. The first-order chi connectivity index (χ1) is 4.99. The highest BCUT2D eigenvalue weighted by Gasteiger charge is 2.17. The van der Waals surface area contributed by atoms with Gasteiger partial charge in [-0.25, -0.2) is 0 Å². The third kappa shape index (κ3) is 2.45. The zero-order valence-electron chi connectivity index (χ0n) is 7.81. The van der Waals surface area contributed by atoms with E-state index in [4.69, 9.17) is 0 Å². The molecule has 0 aromatic rings. The number of hydrogen-bond donors (Lipinski definition) is 0. The minimum absolute atomic E-state index is 0.333. The summed E-state index contributed by atoms with van der Waals surface area (Å²) in [4.78, 5) is 8.53. The van der Waals surface area contributed by atoms with Gasteiger partial charge >= 0.3 is 0 Å². The van der Waals surface area contributed by atoms with Gasteiger partial charge in [0.1, 0.15) is 6.67 Å². The van der Waals surface area contributed by atoms with E-state index in [1.54, 1.807) is 0 Å². The molecule has 2 heteroatoms. The third-order valence-electron chi connectivity index (χ3n) is 1.68. The van der Waals surface area contributed by atoms with Crippen LogP contribution in [0, 0.1) is 5.41 Å². The topological polar surface area (TPSA) is 24.7 Å². The van der Waals surface area contributed by atoms with Gasteiger partial charge in [-0.2, -0.15) is 0 Å². The van der Waals surface area contributed by atoms with Crippen LogP contribution in [0.1, 0.15) is 34.1 Å². The second kappa shape index (κ2) is 2.76. The first kappa shape index (κ1) is 8.44. The molecule has 1 aliphatic heterocycles. The van der Waals surface area contributed by atoms with Crippen molar-refractivity contribution < 1.29 is 0 Å². The molecular formula is C9H16N2. The highest BCUT2D eigenvalue weighted by atomic mass is 15.0. The lowest BCUT2D eigenvalue weighted by Crippen LogP contribution is -2.16. The van der Waals surface area contributed by atoms with Gasteiger partial charge in [0, 0.05) is 0 Å². The molecule has 0 saturated heterocycles. The van der Waals surface area contributed by atoms with Gasteiger partial charge < -0.3 is 0 Å². The smallest absolute Gasteiger partial charge is 0.130 e. The van der Waals surface area contributed by atoms with Crippen molar-refractivity contribution in [3.63, 3.8) is 0 Å². The monoisotopic (exact) mass is 152 g/mol. The average molecular weight is 152 g/mol. The van der Waals surface area contributed by atoms with Crippen molar-refractivity contribution in [3.05, 3.63) is 0 Å². The van der Waals surface area contributed by atoms with Gasteiger partial charge in [-0.15, -0.1) is 0 Å². The first-order valence-electron chi connectivity index (χ1n) is 4.04. The van der Waals surface area contributed by atoms with E-state index in [0.29, 0.717) is 12.1 Å². The number of nitrogens with zero attached hydrogens (tertiary/aromatic N) is 2. The van der Waals surface area contributed by atoms with Crippen molar-refractivity contribution in [2.75, 3.05) is 6.67 Å². The molecule has 1 heterocycles. The maximum Gasteiger partial charge on any atom is 0.130 e. The molecule has 0 bridgehead atoms. The average Bonchev–Trinajstić information content (AvgIpc) is 2.12. The van der Waals surface area contributed by atoms with Crippen molar-refractivity contribution in [1.29, 1.82) is 0 Å². The molecule has 0 amide bonds. The molecule has 1 rings (SSSR count). The van der Waals surface area contributed by atoms with E-state index in [1.165, 1.54) is 5.71 Å². The van der Waals surface area contributed by atoms with E-state index in [9.17, 15) is 0 Å². The molecule has 0 radical (unpaired) electrons. The van der Waals surface area contributed by atoms with Crippen LogP contribution in [-0.4, -0.2) is 18.1 Å². The summed E-state index contributed by atoms with van der Waals surface area (Å²) < 4.78 is 0. The predicted octanol–water partition coefficient (Wildman–Crippen LogP) is 2.30. The van der Waals surface area contributed by atoms with Crippen LogP contribution in [0.3, 0.4) is 0 Å². The summed E-state index contributed by atoms with van der Waals surface area (Å²) in [6.07, 6.45) is 1.04. The van der Waals surface area contributed by atoms with Gasteiger partial charge in [-0.1, -0.05) is 20.8 Å². The van der Waals surface area contributed by atoms with E-state index in [2.05, 4.69) is 30.8 Å². The molecule has 11 heavy (non-hydrogen) atoms. The van der Waals surface area contributed by atoms with Crippen LogP contribution in [0.2, 0.25) is 0 Å². The molecule has 0 aromatic carbocycles. The zero-order valence-corrected chi connectivity index (χ0v) is 7.81. The fraction of sp³-hybridized carbons (Fsp3) is 0.778. The molecule has 0 saturated carbocycles. The first-order valence-corrected chi connectivity index (χ1v) is 4.04. The van der Waals surface area contributed by atoms with Crippen LogP contribution in [-0.2, 0) is 0 Å². The quantitative estimate of drug-likeness (QED) is 0.551. The number of hydrogen-bond acceptors (Lipinski definition) is 2. The van der Waals surface area contributed by atoms with Crippen LogP contribution >= 0.6 is 0 Å². The van der Waals surface area contributed by atoms with Crippen molar-refractivity contribution in [1.82, 2.24) is 0 Å².